The molecule has 0 bridgehead atoms. The lowest BCUT2D eigenvalue weighted by molar-refractivity contribution is 0.322. The molecule has 0 aromatic heterocycles. The molecule has 1 heteroatoms. The molecule has 0 radical (unpaired) electrons. The molecule has 0 amide bonds. The van der Waals surface area contributed by atoms with E-state index in [-0.39, 0.29) is 0 Å². The Morgan fingerprint density at radius 1 is 1.44 bits per heavy atom. The maximum Gasteiger partial charge on any atom is 0.00646 e. The molecule has 1 N–H and O–H groups in total. The summed E-state index contributed by atoms with van der Waals surface area (Å²) in [6, 6.07) is 0.821. The fraction of sp³-hybridized carbons (Fsp3) is 1.00. The van der Waals surface area contributed by atoms with Gasteiger partial charge in [0.1, 0.15) is 0 Å². The van der Waals surface area contributed by atoms with Crippen LogP contribution in [0.1, 0.15) is 33.1 Å². The normalized spacial score (nSPS) is 36.7. The van der Waals surface area contributed by atoms with Gasteiger partial charge in [0.15, 0.2) is 0 Å². The van der Waals surface area contributed by atoms with Crippen molar-refractivity contribution in [3.63, 3.8) is 0 Å². The molecular formula is C8H17N. The van der Waals surface area contributed by atoms with Gasteiger partial charge >= 0.3 is 0 Å². The van der Waals surface area contributed by atoms with Gasteiger partial charge in [-0.25, -0.2) is 0 Å². The molecule has 1 nitrogen and oxygen atoms in total. The zero-order valence-electron chi connectivity index (χ0n) is 6.48. The first kappa shape index (κ1) is 7.07. The number of piperidine rings is 1. The molecule has 0 aliphatic carbocycles. The Morgan fingerprint density at radius 2 is 2.22 bits per heavy atom. The Morgan fingerprint density at radius 3 is 2.67 bits per heavy atom. The summed E-state index contributed by atoms with van der Waals surface area (Å²) in [6.45, 7) is 5.81. The number of rotatable bonds is 1. The topological polar surface area (TPSA) is 12.0 Å². The Kier molecular flexibility index (Phi) is 2.52. The lowest BCUT2D eigenvalue weighted by Crippen LogP contribution is -2.37. The first-order chi connectivity index (χ1) is 4.33. The van der Waals surface area contributed by atoms with Crippen molar-refractivity contribution in [3.8, 4) is 0 Å². The third-order valence-corrected chi connectivity index (χ3v) is 2.26. The van der Waals surface area contributed by atoms with Crippen molar-refractivity contribution in [2.24, 2.45) is 5.92 Å². The van der Waals surface area contributed by atoms with Gasteiger partial charge in [0, 0.05) is 6.04 Å². The van der Waals surface area contributed by atoms with E-state index in [0.29, 0.717) is 0 Å². The summed E-state index contributed by atoms with van der Waals surface area (Å²) in [7, 11) is 0. The van der Waals surface area contributed by atoms with Crippen LogP contribution >= 0.6 is 0 Å². The van der Waals surface area contributed by atoms with E-state index in [2.05, 4.69) is 19.2 Å². The van der Waals surface area contributed by atoms with Crippen molar-refractivity contribution in [2.75, 3.05) is 6.54 Å². The number of nitrogens with one attached hydrogen (secondary N) is 1. The Labute approximate surface area is 57.8 Å². The van der Waals surface area contributed by atoms with Crippen LogP contribution in [0.2, 0.25) is 0 Å². The van der Waals surface area contributed by atoms with Crippen molar-refractivity contribution in [3.05, 3.63) is 0 Å². The lowest BCUT2D eigenvalue weighted by atomic mass is 9.95. The van der Waals surface area contributed by atoms with Crippen LogP contribution in [0.15, 0.2) is 0 Å². The van der Waals surface area contributed by atoms with Crippen LogP contribution in [-0.2, 0) is 0 Å². The van der Waals surface area contributed by atoms with Crippen LogP contribution in [0.4, 0.5) is 0 Å². The fourth-order valence-electron chi connectivity index (χ4n) is 1.41. The first-order valence-corrected chi connectivity index (χ1v) is 4.06. The smallest absolute Gasteiger partial charge is 0.00646 e. The monoisotopic (exact) mass is 127 g/mol. The molecule has 1 rings (SSSR count). The summed E-state index contributed by atoms with van der Waals surface area (Å²) in [5, 5.41) is 3.52. The van der Waals surface area contributed by atoms with Crippen LogP contribution in [-0.4, -0.2) is 12.6 Å². The SMILES string of the molecule is CC[C@@H]1CC[C@@H](C)CN1. The van der Waals surface area contributed by atoms with Crippen LogP contribution in [0.5, 0.6) is 0 Å². The van der Waals surface area contributed by atoms with E-state index in [1.54, 1.807) is 0 Å². The van der Waals surface area contributed by atoms with Crippen LogP contribution in [0.3, 0.4) is 0 Å². The van der Waals surface area contributed by atoms with E-state index in [1.165, 1.54) is 25.8 Å². The zero-order chi connectivity index (χ0) is 6.69. The quantitative estimate of drug-likeness (QED) is 0.566. The van der Waals surface area contributed by atoms with Crippen molar-refractivity contribution in [1.82, 2.24) is 5.32 Å². The minimum Gasteiger partial charge on any atom is -0.314 e. The zero-order valence-corrected chi connectivity index (χ0v) is 6.48. The standard InChI is InChI=1S/C8H17N/c1-3-8-5-4-7(2)6-9-8/h7-9H,3-6H2,1-2H3/t7-,8-/m1/s1. The van der Waals surface area contributed by atoms with Crippen LogP contribution in [0.25, 0.3) is 0 Å². The summed E-state index contributed by atoms with van der Waals surface area (Å²) in [4.78, 5) is 0. The molecule has 0 aromatic rings. The van der Waals surface area contributed by atoms with Crippen LogP contribution < -0.4 is 5.32 Å². The molecule has 54 valence electrons. The molecule has 0 aromatic carbocycles. The van der Waals surface area contributed by atoms with Gasteiger partial charge in [0.2, 0.25) is 0 Å². The first-order valence-electron chi connectivity index (χ1n) is 4.06. The summed E-state index contributed by atoms with van der Waals surface area (Å²) >= 11 is 0. The summed E-state index contributed by atoms with van der Waals surface area (Å²) in [6.07, 6.45) is 4.11. The van der Waals surface area contributed by atoms with E-state index >= 15 is 0 Å². The predicted octanol–water partition coefficient (Wildman–Crippen LogP) is 1.78. The molecule has 0 spiro atoms. The summed E-state index contributed by atoms with van der Waals surface area (Å²) in [5.74, 6) is 0.910. The van der Waals surface area contributed by atoms with E-state index in [0.717, 1.165) is 12.0 Å². The van der Waals surface area contributed by atoms with Gasteiger partial charge in [0.25, 0.3) is 0 Å². The summed E-state index contributed by atoms with van der Waals surface area (Å²) < 4.78 is 0. The Bertz CT molecular complexity index is 72.6. The minimum absolute atomic E-state index is 0.821. The molecule has 9 heavy (non-hydrogen) atoms. The molecule has 1 fully saturated rings. The lowest BCUT2D eigenvalue weighted by Gasteiger charge is -2.26. The molecule has 1 aliphatic heterocycles. The van der Waals surface area contributed by atoms with E-state index in [9.17, 15) is 0 Å². The van der Waals surface area contributed by atoms with Gasteiger partial charge in [-0.2, -0.15) is 0 Å². The fourth-order valence-corrected chi connectivity index (χ4v) is 1.41. The van der Waals surface area contributed by atoms with Crippen molar-refractivity contribution < 1.29 is 0 Å². The number of hydrogen-bond acceptors (Lipinski definition) is 1. The second kappa shape index (κ2) is 3.21. The Hall–Kier alpha value is -0.0400. The highest BCUT2D eigenvalue weighted by Crippen LogP contribution is 2.14. The maximum absolute atomic E-state index is 3.52. The van der Waals surface area contributed by atoms with E-state index in [1.807, 2.05) is 0 Å². The molecule has 1 saturated heterocycles. The average molecular weight is 127 g/mol. The largest absolute Gasteiger partial charge is 0.314 e. The molecule has 0 saturated carbocycles. The van der Waals surface area contributed by atoms with Crippen LogP contribution in [0, 0.1) is 5.92 Å². The highest BCUT2D eigenvalue weighted by Gasteiger charge is 2.14. The van der Waals surface area contributed by atoms with Crippen molar-refractivity contribution >= 4 is 0 Å². The van der Waals surface area contributed by atoms with Gasteiger partial charge in [-0.3, -0.25) is 0 Å². The highest BCUT2D eigenvalue weighted by molar-refractivity contribution is 4.73. The van der Waals surface area contributed by atoms with Gasteiger partial charge in [-0.1, -0.05) is 13.8 Å². The summed E-state index contributed by atoms with van der Waals surface area (Å²) in [5.41, 5.74) is 0. The van der Waals surface area contributed by atoms with Gasteiger partial charge in [0.05, 0.1) is 0 Å². The predicted molar refractivity (Wildman–Crippen MR) is 40.5 cm³/mol. The van der Waals surface area contributed by atoms with E-state index < -0.39 is 0 Å². The maximum atomic E-state index is 3.52. The van der Waals surface area contributed by atoms with Crippen molar-refractivity contribution in [1.29, 1.82) is 0 Å². The molecule has 1 aliphatic rings. The van der Waals surface area contributed by atoms with Gasteiger partial charge in [-0.05, 0) is 31.7 Å². The molecule has 2 atom stereocenters. The highest BCUT2D eigenvalue weighted by atomic mass is 14.9. The Balaban J connectivity index is 2.18. The van der Waals surface area contributed by atoms with E-state index in [4.69, 9.17) is 0 Å². The minimum atomic E-state index is 0.821. The van der Waals surface area contributed by atoms with Crippen molar-refractivity contribution in [2.45, 2.75) is 39.2 Å². The number of hydrogen-bond donors (Lipinski definition) is 1. The second-order valence-electron chi connectivity index (χ2n) is 3.20. The van der Waals surface area contributed by atoms with Gasteiger partial charge < -0.3 is 5.32 Å². The third-order valence-electron chi connectivity index (χ3n) is 2.26. The molecule has 1 heterocycles. The second-order valence-corrected chi connectivity index (χ2v) is 3.20. The molecule has 0 unspecified atom stereocenters. The molecular weight excluding hydrogens is 110 g/mol. The average Bonchev–Trinajstić information content (AvgIpc) is 1.90. The van der Waals surface area contributed by atoms with Gasteiger partial charge in [-0.15, -0.1) is 0 Å². The third kappa shape index (κ3) is 1.98.